The first-order valence-electron chi connectivity index (χ1n) is 6.69. The molecule has 0 aliphatic carbocycles. The summed E-state index contributed by atoms with van der Waals surface area (Å²) >= 11 is 0. The van der Waals surface area contributed by atoms with E-state index in [4.69, 9.17) is 9.84 Å². The highest BCUT2D eigenvalue weighted by molar-refractivity contribution is 5.84. The summed E-state index contributed by atoms with van der Waals surface area (Å²) in [5, 5.41) is 11.6. The molecule has 0 bridgehead atoms. The molecule has 1 aliphatic heterocycles. The van der Waals surface area contributed by atoms with Crippen LogP contribution in [-0.2, 0) is 14.3 Å². The Morgan fingerprint density at radius 3 is 2.26 bits per heavy atom. The molecular formula is C13H24N2O4. The third-order valence-corrected chi connectivity index (χ3v) is 3.11. The van der Waals surface area contributed by atoms with E-state index in [0.29, 0.717) is 13.1 Å². The van der Waals surface area contributed by atoms with Crippen molar-refractivity contribution in [3.8, 4) is 0 Å². The standard InChI is InChI=1S/C13H24N2O4/c1-8(2)12(13(17)18)14-11(16)7-15-5-9(3)19-10(4)6-15/h8-10,12H,5-7H2,1-4H3,(H,14,16)(H,17,18). The highest BCUT2D eigenvalue weighted by Crippen LogP contribution is 2.10. The Morgan fingerprint density at radius 1 is 1.32 bits per heavy atom. The normalized spacial score (nSPS) is 26.2. The number of rotatable bonds is 5. The van der Waals surface area contributed by atoms with Crippen molar-refractivity contribution in [2.24, 2.45) is 5.92 Å². The number of ether oxygens (including phenoxy) is 1. The lowest BCUT2D eigenvalue weighted by Gasteiger charge is -2.35. The second-order valence-corrected chi connectivity index (χ2v) is 5.58. The molecule has 3 unspecified atom stereocenters. The molecule has 6 nitrogen and oxygen atoms in total. The number of morpholine rings is 1. The molecule has 19 heavy (non-hydrogen) atoms. The molecule has 1 fully saturated rings. The van der Waals surface area contributed by atoms with Gasteiger partial charge in [0.2, 0.25) is 5.91 Å². The van der Waals surface area contributed by atoms with Gasteiger partial charge in [-0.15, -0.1) is 0 Å². The van der Waals surface area contributed by atoms with E-state index in [1.807, 2.05) is 18.7 Å². The van der Waals surface area contributed by atoms with Crippen molar-refractivity contribution < 1.29 is 19.4 Å². The Labute approximate surface area is 114 Å². The zero-order valence-electron chi connectivity index (χ0n) is 12.0. The molecule has 110 valence electrons. The Hall–Kier alpha value is -1.14. The molecule has 3 atom stereocenters. The van der Waals surface area contributed by atoms with Crippen LogP contribution >= 0.6 is 0 Å². The number of amides is 1. The fraction of sp³-hybridized carbons (Fsp3) is 0.846. The molecule has 1 heterocycles. The summed E-state index contributed by atoms with van der Waals surface area (Å²) in [6, 6.07) is -0.830. The molecule has 0 spiro atoms. The van der Waals surface area contributed by atoms with Crippen LogP contribution in [0.25, 0.3) is 0 Å². The second kappa shape index (κ2) is 6.86. The molecule has 1 aliphatic rings. The first-order valence-corrected chi connectivity index (χ1v) is 6.69. The van der Waals surface area contributed by atoms with Gasteiger partial charge in [-0.1, -0.05) is 13.8 Å². The minimum absolute atomic E-state index is 0.0944. The number of carbonyl (C=O) groups is 2. The number of nitrogens with zero attached hydrogens (tertiary/aromatic N) is 1. The van der Waals surface area contributed by atoms with Gasteiger partial charge in [0, 0.05) is 13.1 Å². The Kier molecular flexibility index (Phi) is 5.75. The van der Waals surface area contributed by atoms with Crippen LogP contribution < -0.4 is 5.32 Å². The predicted molar refractivity (Wildman–Crippen MR) is 70.9 cm³/mol. The fourth-order valence-electron chi connectivity index (χ4n) is 2.35. The maximum absolute atomic E-state index is 11.9. The van der Waals surface area contributed by atoms with Crippen molar-refractivity contribution in [1.82, 2.24) is 10.2 Å². The van der Waals surface area contributed by atoms with Crippen molar-refractivity contribution in [1.29, 1.82) is 0 Å². The average molecular weight is 272 g/mol. The van der Waals surface area contributed by atoms with Crippen molar-refractivity contribution >= 4 is 11.9 Å². The maximum Gasteiger partial charge on any atom is 0.326 e. The van der Waals surface area contributed by atoms with Crippen LogP contribution in [0.1, 0.15) is 27.7 Å². The molecule has 2 N–H and O–H groups in total. The smallest absolute Gasteiger partial charge is 0.326 e. The van der Waals surface area contributed by atoms with Crippen molar-refractivity contribution in [3.05, 3.63) is 0 Å². The zero-order valence-corrected chi connectivity index (χ0v) is 12.0. The Morgan fingerprint density at radius 2 is 1.84 bits per heavy atom. The summed E-state index contributed by atoms with van der Waals surface area (Å²) in [4.78, 5) is 24.9. The van der Waals surface area contributed by atoms with Crippen molar-refractivity contribution in [3.63, 3.8) is 0 Å². The molecule has 0 aromatic rings. The van der Waals surface area contributed by atoms with Crippen LogP contribution in [-0.4, -0.2) is 59.8 Å². The summed E-state index contributed by atoms with van der Waals surface area (Å²) < 4.78 is 5.59. The predicted octanol–water partition coefficient (Wildman–Crippen LogP) is 0.321. The molecule has 0 aromatic heterocycles. The van der Waals surface area contributed by atoms with Gasteiger partial charge in [-0.25, -0.2) is 4.79 Å². The van der Waals surface area contributed by atoms with Gasteiger partial charge >= 0.3 is 5.97 Å². The number of carboxylic acids is 1. The fourth-order valence-corrected chi connectivity index (χ4v) is 2.35. The van der Waals surface area contributed by atoms with Gasteiger partial charge in [-0.3, -0.25) is 9.69 Å². The molecule has 1 rings (SSSR count). The Bertz CT molecular complexity index is 323. The van der Waals surface area contributed by atoms with Crippen molar-refractivity contribution in [2.45, 2.75) is 45.9 Å². The number of carbonyl (C=O) groups excluding carboxylic acids is 1. The minimum atomic E-state index is -0.993. The van der Waals surface area contributed by atoms with E-state index in [9.17, 15) is 9.59 Å². The van der Waals surface area contributed by atoms with Crippen LogP contribution in [0.2, 0.25) is 0 Å². The van der Waals surface area contributed by atoms with Crippen LogP contribution in [0.4, 0.5) is 0 Å². The second-order valence-electron chi connectivity index (χ2n) is 5.58. The summed E-state index contributed by atoms with van der Waals surface area (Å²) in [6.07, 6.45) is 0.189. The number of aliphatic carboxylic acids is 1. The van der Waals surface area contributed by atoms with Gasteiger partial charge < -0.3 is 15.2 Å². The molecule has 6 heteroatoms. The molecule has 1 saturated heterocycles. The van der Waals surface area contributed by atoms with Gasteiger partial charge in [-0.2, -0.15) is 0 Å². The topological polar surface area (TPSA) is 78.9 Å². The lowest BCUT2D eigenvalue weighted by atomic mass is 10.0. The summed E-state index contributed by atoms with van der Waals surface area (Å²) in [5.41, 5.74) is 0. The van der Waals surface area contributed by atoms with Gasteiger partial charge in [-0.05, 0) is 19.8 Å². The van der Waals surface area contributed by atoms with E-state index in [2.05, 4.69) is 5.32 Å². The first kappa shape index (κ1) is 15.9. The lowest BCUT2D eigenvalue weighted by molar-refractivity contribution is -0.143. The largest absolute Gasteiger partial charge is 0.480 e. The number of nitrogens with one attached hydrogen (secondary N) is 1. The number of carboxylic acid groups (broad SMARTS) is 1. The van der Waals surface area contributed by atoms with Crippen LogP contribution in [0.5, 0.6) is 0 Å². The maximum atomic E-state index is 11.9. The first-order chi connectivity index (χ1) is 8.79. The average Bonchev–Trinajstić information content (AvgIpc) is 2.23. The Balaban J connectivity index is 2.48. The van der Waals surface area contributed by atoms with Gasteiger partial charge in [0.25, 0.3) is 0 Å². The van der Waals surface area contributed by atoms with Crippen LogP contribution in [0.3, 0.4) is 0 Å². The van der Waals surface area contributed by atoms with Crippen molar-refractivity contribution in [2.75, 3.05) is 19.6 Å². The van der Waals surface area contributed by atoms with E-state index < -0.39 is 12.0 Å². The minimum Gasteiger partial charge on any atom is -0.480 e. The van der Waals surface area contributed by atoms with E-state index in [1.165, 1.54) is 0 Å². The van der Waals surface area contributed by atoms with Gasteiger partial charge in [0.05, 0.1) is 18.8 Å². The third kappa shape index (κ3) is 5.16. The summed E-state index contributed by atoms with van der Waals surface area (Å²) in [7, 11) is 0. The number of hydrogen-bond donors (Lipinski definition) is 2. The van der Waals surface area contributed by atoms with Gasteiger partial charge in [0.15, 0.2) is 0 Å². The van der Waals surface area contributed by atoms with Crippen LogP contribution in [0, 0.1) is 5.92 Å². The van der Waals surface area contributed by atoms with Crippen LogP contribution in [0.15, 0.2) is 0 Å². The number of hydrogen-bond acceptors (Lipinski definition) is 4. The third-order valence-electron chi connectivity index (χ3n) is 3.11. The molecule has 0 aromatic carbocycles. The lowest BCUT2D eigenvalue weighted by Crippen LogP contribution is -2.52. The van der Waals surface area contributed by atoms with E-state index >= 15 is 0 Å². The quantitative estimate of drug-likeness (QED) is 0.753. The highest BCUT2D eigenvalue weighted by atomic mass is 16.5. The van der Waals surface area contributed by atoms with E-state index in [1.54, 1.807) is 13.8 Å². The molecule has 0 saturated carbocycles. The molecule has 0 radical (unpaired) electrons. The SMILES string of the molecule is CC1CN(CC(=O)NC(C(=O)O)C(C)C)CC(C)O1. The zero-order chi connectivity index (χ0) is 14.6. The molecule has 1 amide bonds. The molecular weight excluding hydrogens is 248 g/mol. The summed E-state index contributed by atoms with van der Waals surface area (Å²) in [6.45, 7) is 9.09. The van der Waals surface area contributed by atoms with E-state index in [0.717, 1.165) is 0 Å². The highest BCUT2D eigenvalue weighted by Gasteiger charge is 2.27. The van der Waals surface area contributed by atoms with Gasteiger partial charge in [0.1, 0.15) is 6.04 Å². The van der Waals surface area contributed by atoms with E-state index in [-0.39, 0.29) is 30.6 Å². The summed E-state index contributed by atoms with van der Waals surface area (Å²) in [5.74, 6) is -1.38. The monoisotopic (exact) mass is 272 g/mol.